The van der Waals surface area contributed by atoms with E-state index in [0.29, 0.717) is 5.92 Å². The number of hydrogen-bond donors (Lipinski definition) is 1. The van der Waals surface area contributed by atoms with Crippen LogP contribution in [0.3, 0.4) is 0 Å². The maximum atomic E-state index is 10.9. The zero-order valence-corrected chi connectivity index (χ0v) is 13.7. The Labute approximate surface area is 130 Å². The molecule has 1 aliphatic rings. The number of unbranched alkanes of at least 4 members (excludes halogenated alkanes) is 2. The summed E-state index contributed by atoms with van der Waals surface area (Å²) in [5, 5.41) is 10.9. The fourth-order valence-electron chi connectivity index (χ4n) is 3.86. The number of hydrogen-bond acceptors (Lipinski definition) is 1. The van der Waals surface area contributed by atoms with Crippen LogP contribution in [0.5, 0.6) is 0 Å². The Hall–Kier alpha value is -0.820. The first-order valence-electron chi connectivity index (χ1n) is 8.98. The maximum absolute atomic E-state index is 10.9. The Bertz CT molecular complexity index is 378. The van der Waals surface area contributed by atoms with Crippen molar-refractivity contribution in [1.29, 1.82) is 0 Å². The molecule has 1 aromatic carbocycles. The van der Waals surface area contributed by atoms with Crippen molar-refractivity contribution >= 4 is 0 Å². The van der Waals surface area contributed by atoms with E-state index in [4.69, 9.17) is 0 Å². The second kappa shape index (κ2) is 8.58. The minimum absolute atomic E-state index is 0.371. The van der Waals surface area contributed by atoms with Crippen molar-refractivity contribution in [3.8, 4) is 0 Å². The van der Waals surface area contributed by atoms with E-state index in [1.807, 2.05) is 0 Å². The smallest absolute Gasteiger partial charge is 0.0650 e. The average Bonchev–Trinajstić information content (AvgIpc) is 2.49. The van der Waals surface area contributed by atoms with E-state index in [2.05, 4.69) is 37.3 Å². The van der Waals surface area contributed by atoms with Gasteiger partial charge in [-0.2, -0.15) is 0 Å². The summed E-state index contributed by atoms with van der Waals surface area (Å²) in [6.45, 7) is 2.26. The first-order valence-corrected chi connectivity index (χ1v) is 8.98. The largest absolute Gasteiger partial charge is 0.390 e. The predicted octanol–water partition coefficient (Wildman–Crippen LogP) is 5.51. The fourth-order valence-corrected chi connectivity index (χ4v) is 3.86. The Morgan fingerprint density at radius 1 is 1.05 bits per heavy atom. The first kappa shape index (κ1) is 16.5. The van der Waals surface area contributed by atoms with Crippen molar-refractivity contribution in [3.63, 3.8) is 0 Å². The van der Waals surface area contributed by atoms with Gasteiger partial charge in [-0.1, -0.05) is 82.2 Å². The highest BCUT2D eigenvalue weighted by molar-refractivity contribution is 5.15. The normalized spacial score (nSPS) is 19.3. The molecule has 1 atom stereocenters. The molecule has 1 unspecified atom stereocenters. The molecular formula is C20H32O. The summed E-state index contributed by atoms with van der Waals surface area (Å²) in [4.78, 5) is 0. The summed E-state index contributed by atoms with van der Waals surface area (Å²) in [6.07, 6.45) is 13.1. The van der Waals surface area contributed by atoms with Crippen molar-refractivity contribution in [2.45, 2.75) is 83.2 Å². The first-order chi connectivity index (χ1) is 10.2. The molecule has 0 amide bonds. The van der Waals surface area contributed by atoms with Gasteiger partial charge in [-0.15, -0.1) is 0 Å². The summed E-state index contributed by atoms with van der Waals surface area (Å²) in [5.74, 6) is 0.641. The molecule has 0 saturated heterocycles. The molecule has 0 spiro atoms. The van der Waals surface area contributed by atoms with Gasteiger partial charge in [-0.05, 0) is 37.2 Å². The van der Waals surface area contributed by atoms with Gasteiger partial charge >= 0.3 is 0 Å². The minimum atomic E-state index is -0.371. The lowest BCUT2D eigenvalue weighted by molar-refractivity contribution is -0.0188. The van der Waals surface area contributed by atoms with Crippen molar-refractivity contribution in [1.82, 2.24) is 0 Å². The Morgan fingerprint density at radius 2 is 1.76 bits per heavy atom. The third-order valence-corrected chi connectivity index (χ3v) is 5.04. The van der Waals surface area contributed by atoms with E-state index in [9.17, 15) is 5.11 Å². The van der Waals surface area contributed by atoms with E-state index in [1.165, 1.54) is 50.5 Å². The number of aliphatic hydroxyl groups is 1. The molecule has 2 rings (SSSR count). The molecule has 1 aliphatic carbocycles. The van der Waals surface area contributed by atoms with Gasteiger partial charge in [0.15, 0.2) is 0 Å². The average molecular weight is 288 g/mol. The van der Waals surface area contributed by atoms with Gasteiger partial charge in [0, 0.05) is 0 Å². The Kier molecular flexibility index (Phi) is 6.76. The van der Waals surface area contributed by atoms with Crippen LogP contribution in [0.1, 0.15) is 76.7 Å². The van der Waals surface area contributed by atoms with Crippen molar-refractivity contribution < 1.29 is 5.11 Å². The van der Waals surface area contributed by atoms with Gasteiger partial charge < -0.3 is 5.11 Å². The molecule has 1 aromatic rings. The predicted molar refractivity (Wildman–Crippen MR) is 90.4 cm³/mol. The lowest BCUT2D eigenvalue weighted by atomic mass is 9.76. The van der Waals surface area contributed by atoms with E-state index in [1.54, 1.807) is 0 Å². The topological polar surface area (TPSA) is 20.2 Å². The van der Waals surface area contributed by atoms with E-state index in [-0.39, 0.29) is 5.60 Å². The SMILES string of the molecule is CCCCCC(Cc1ccccc1)CC1(O)CCCCC1. The third kappa shape index (κ3) is 5.82. The second-order valence-electron chi connectivity index (χ2n) is 7.04. The van der Waals surface area contributed by atoms with E-state index in [0.717, 1.165) is 25.7 Å². The van der Waals surface area contributed by atoms with Crippen molar-refractivity contribution in [2.24, 2.45) is 5.92 Å². The zero-order chi connectivity index (χ0) is 15.0. The molecule has 0 heterocycles. The van der Waals surface area contributed by atoms with Gasteiger partial charge in [-0.3, -0.25) is 0 Å². The monoisotopic (exact) mass is 288 g/mol. The van der Waals surface area contributed by atoms with Crippen LogP contribution in [0.4, 0.5) is 0 Å². The highest BCUT2D eigenvalue weighted by Crippen LogP contribution is 2.35. The molecule has 0 radical (unpaired) electrons. The standard InChI is InChI=1S/C20H32O/c1-2-3-6-13-19(16-18-11-7-4-8-12-18)17-20(21)14-9-5-10-15-20/h4,7-8,11-12,19,21H,2-3,5-6,9-10,13-17H2,1H3. The van der Waals surface area contributed by atoms with Crippen LogP contribution < -0.4 is 0 Å². The molecule has 21 heavy (non-hydrogen) atoms. The van der Waals surface area contributed by atoms with Crippen LogP contribution >= 0.6 is 0 Å². The molecule has 1 fully saturated rings. The van der Waals surface area contributed by atoms with Gasteiger partial charge in [0.05, 0.1) is 5.60 Å². The van der Waals surface area contributed by atoms with Gasteiger partial charge in [0.2, 0.25) is 0 Å². The quantitative estimate of drug-likeness (QED) is 0.625. The molecular weight excluding hydrogens is 256 g/mol. The molecule has 0 aliphatic heterocycles. The van der Waals surface area contributed by atoms with Crippen LogP contribution in [-0.2, 0) is 6.42 Å². The van der Waals surface area contributed by atoms with Crippen molar-refractivity contribution in [3.05, 3.63) is 35.9 Å². The molecule has 1 nitrogen and oxygen atoms in total. The van der Waals surface area contributed by atoms with Crippen LogP contribution in [0.15, 0.2) is 30.3 Å². The van der Waals surface area contributed by atoms with Gasteiger partial charge in [0.25, 0.3) is 0 Å². The third-order valence-electron chi connectivity index (χ3n) is 5.04. The van der Waals surface area contributed by atoms with E-state index >= 15 is 0 Å². The lowest BCUT2D eigenvalue weighted by Crippen LogP contribution is -2.34. The zero-order valence-electron chi connectivity index (χ0n) is 13.7. The van der Waals surface area contributed by atoms with E-state index < -0.39 is 0 Å². The second-order valence-corrected chi connectivity index (χ2v) is 7.04. The summed E-state index contributed by atoms with van der Waals surface area (Å²) in [7, 11) is 0. The maximum Gasteiger partial charge on any atom is 0.0650 e. The lowest BCUT2D eigenvalue weighted by Gasteiger charge is -2.35. The molecule has 0 bridgehead atoms. The summed E-state index contributed by atoms with van der Waals surface area (Å²) in [5.41, 5.74) is 1.06. The summed E-state index contributed by atoms with van der Waals surface area (Å²) >= 11 is 0. The number of rotatable bonds is 8. The Morgan fingerprint density at radius 3 is 2.43 bits per heavy atom. The van der Waals surface area contributed by atoms with Crippen LogP contribution in [-0.4, -0.2) is 10.7 Å². The number of benzene rings is 1. The van der Waals surface area contributed by atoms with Crippen LogP contribution in [0.25, 0.3) is 0 Å². The summed E-state index contributed by atoms with van der Waals surface area (Å²) < 4.78 is 0. The van der Waals surface area contributed by atoms with Crippen LogP contribution in [0, 0.1) is 5.92 Å². The van der Waals surface area contributed by atoms with Gasteiger partial charge in [-0.25, -0.2) is 0 Å². The van der Waals surface area contributed by atoms with Crippen LogP contribution in [0.2, 0.25) is 0 Å². The molecule has 118 valence electrons. The molecule has 1 N–H and O–H groups in total. The summed E-state index contributed by atoms with van der Waals surface area (Å²) in [6, 6.07) is 10.8. The molecule has 1 heteroatoms. The molecule has 1 saturated carbocycles. The Balaban J connectivity index is 1.94. The highest BCUT2D eigenvalue weighted by Gasteiger charge is 2.31. The fraction of sp³-hybridized carbons (Fsp3) is 0.700. The highest BCUT2D eigenvalue weighted by atomic mass is 16.3. The van der Waals surface area contributed by atoms with Gasteiger partial charge in [0.1, 0.15) is 0 Å². The minimum Gasteiger partial charge on any atom is -0.390 e. The molecule has 0 aromatic heterocycles. The van der Waals surface area contributed by atoms with Crippen molar-refractivity contribution in [2.75, 3.05) is 0 Å².